The molecule has 1 heterocycles. The summed E-state index contributed by atoms with van der Waals surface area (Å²) in [6, 6.07) is 7.87. The zero-order chi connectivity index (χ0) is 10.7. The fraction of sp³-hybridized carbons (Fsp3) is 0.417. The van der Waals surface area contributed by atoms with Crippen LogP contribution < -0.4 is 4.74 Å². The van der Waals surface area contributed by atoms with Crippen LogP contribution >= 0.6 is 11.6 Å². The number of nitrogens with zero attached hydrogens (tertiary/aromatic N) is 1. The molecule has 15 heavy (non-hydrogen) atoms. The molecule has 0 spiro atoms. The number of fused-ring (bicyclic) bond motifs is 1. The minimum atomic E-state index is 0.270. The van der Waals surface area contributed by atoms with E-state index in [2.05, 4.69) is 6.07 Å². The van der Waals surface area contributed by atoms with E-state index in [1.54, 1.807) is 0 Å². The third-order valence-electron chi connectivity index (χ3n) is 2.70. The van der Waals surface area contributed by atoms with Gasteiger partial charge in [0.05, 0.1) is 12.7 Å². The number of hydrogen-bond donors (Lipinski definition) is 0. The number of benzene rings is 1. The maximum atomic E-state index is 8.78. The molecule has 1 aromatic carbocycles. The third-order valence-corrected chi connectivity index (χ3v) is 2.94. The lowest BCUT2D eigenvalue weighted by Crippen LogP contribution is -1.97. The second-order valence-corrected chi connectivity index (χ2v) is 4.17. The molecule has 0 aromatic heterocycles. The lowest BCUT2D eigenvalue weighted by atomic mass is 9.92. The molecule has 3 heteroatoms. The molecule has 1 aromatic rings. The van der Waals surface area contributed by atoms with Gasteiger partial charge in [0, 0.05) is 17.4 Å². The number of halogens is 1. The molecular formula is C12H12ClNO. The molecule has 0 aliphatic carbocycles. The van der Waals surface area contributed by atoms with Gasteiger partial charge in [0.15, 0.2) is 0 Å². The first-order chi connectivity index (χ1) is 7.31. The van der Waals surface area contributed by atoms with Gasteiger partial charge in [-0.05, 0) is 36.6 Å². The van der Waals surface area contributed by atoms with E-state index in [-0.39, 0.29) is 5.92 Å². The topological polar surface area (TPSA) is 33.0 Å². The van der Waals surface area contributed by atoms with Crippen molar-refractivity contribution in [3.05, 3.63) is 28.8 Å². The van der Waals surface area contributed by atoms with Crippen molar-refractivity contribution in [2.75, 3.05) is 6.61 Å². The van der Waals surface area contributed by atoms with Crippen LogP contribution in [0.1, 0.15) is 30.7 Å². The first kappa shape index (κ1) is 10.3. The Balaban J connectivity index is 2.38. The van der Waals surface area contributed by atoms with Crippen molar-refractivity contribution in [3.63, 3.8) is 0 Å². The van der Waals surface area contributed by atoms with Gasteiger partial charge in [-0.25, -0.2) is 0 Å². The van der Waals surface area contributed by atoms with Gasteiger partial charge in [0.2, 0.25) is 0 Å². The molecule has 1 aliphatic rings. The van der Waals surface area contributed by atoms with Crippen LogP contribution in [-0.4, -0.2) is 6.61 Å². The van der Waals surface area contributed by atoms with Crippen LogP contribution in [0.25, 0.3) is 0 Å². The summed E-state index contributed by atoms with van der Waals surface area (Å²) in [5.74, 6) is 1.16. The molecule has 0 saturated carbocycles. The number of nitriles is 1. The van der Waals surface area contributed by atoms with Gasteiger partial charge in [0.25, 0.3) is 0 Å². The van der Waals surface area contributed by atoms with Gasteiger partial charge in [-0.2, -0.15) is 5.26 Å². The summed E-state index contributed by atoms with van der Waals surface area (Å²) in [4.78, 5) is 0. The zero-order valence-corrected chi connectivity index (χ0v) is 9.13. The van der Waals surface area contributed by atoms with Crippen LogP contribution in [0.2, 0.25) is 5.02 Å². The average Bonchev–Trinajstić information content (AvgIpc) is 2.42. The largest absolute Gasteiger partial charge is 0.493 e. The maximum absolute atomic E-state index is 8.78. The molecule has 78 valence electrons. The predicted octanol–water partition coefficient (Wildman–Crippen LogP) is 3.51. The quantitative estimate of drug-likeness (QED) is 0.727. The molecule has 1 unspecified atom stereocenters. The highest BCUT2D eigenvalue weighted by atomic mass is 35.5. The van der Waals surface area contributed by atoms with Crippen LogP contribution in [0.5, 0.6) is 5.75 Å². The summed E-state index contributed by atoms with van der Waals surface area (Å²) < 4.78 is 5.61. The molecule has 1 atom stereocenters. The summed E-state index contributed by atoms with van der Waals surface area (Å²) in [7, 11) is 0. The maximum Gasteiger partial charge on any atom is 0.122 e. The summed E-state index contributed by atoms with van der Waals surface area (Å²) in [6.07, 6.45) is 2.54. The van der Waals surface area contributed by atoms with Gasteiger partial charge >= 0.3 is 0 Å². The molecule has 0 bridgehead atoms. The first-order valence-corrected chi connectivity index (χ1v) is 5.48. The molecule has 0 amide bonds. The van der Waals surface area contributed by atoms with Crippen molar-refractivity contribution in [3.8, 4) is 11.8 Å². The van der Waals surface area contributed by atoms with E-state index < -0.39 is 0 Å². The highest BCUT2D eigenvalue weighted by molar-refractivity contribution is 6.30. The minimum absolute atomic E-state index is 0.270. The summed E-state index contributed by atoms with van der Waals surface area (Å²) in [6.45, 7) is 0.733. The number of hydrogen-bond acceptors (Lipinski definition) is 2. The van der Waals surface area contributed by atoms with Crippen molar-refractivity contribution in [2.45, 2.75) is 25.2 Å². The normalized spacial score (nSPS) is 19.6. The Hall–Kier alpha value is -1.20. The van der Waals surface area contributed by atoms with Gasteiger partial charge in [0.1, 0.15) is 5.75 Å². The minimum Gasteiger partial charge on any atom is -0.493 e. The Bertz CT molecular complexity index is 397. The second-order valence-electron chi connectivity index (χ2n) is 3.73. The molecule has 0 saturated heterocycles. The number of rotatable bonds is 1. The van der Waals surface area contributed by atoms with E-state index in [1.165, 1.54) is 0 Å². The summed E-state index contributed by atoms with van der Waals surface area (Å²) in [5.41, 5.74) is 1.08. The standard InChI is InChI=1S/C12H12ClNO/c13-10-3-4-12-11(8-10)9(5-6-14)2-1-7-15-12/h3-4,8-9H,1-2,5,7H2. The van der Waals surface area contributed by atoms with E-state index in [1.807, 2.05) is 18.2 Å². The Morgan fingerprint density at radius 1 is 1.53 bits per heavy atom. The molecule has 2 rings (SSSR count). The van der Waals surface area contributed by atoms with E-state index in [4.69, 9.17) is 21.6 Å². The van der Waals surface area contributed by atoms with Crippen LogP contribution in [0, 0.1) is 11.3 Å². The van der Waals surface area contributed by atoms with Crippen LogP contribution in [0.3, 0.4) is 0 Å². The van der Waals surface area contributed by atoms with E-state index >= 15 is 0 Å². The lowest BCUT2D eigenvalue weighted by Gasteiger charge is -2.13. The molecule has 2 nitrogen and oxygen atoms in total. The van der Waals surface area contributed by atoms with Gasteiger partial charge in [-0.15, -0.1) is 0 Å². The van der Waals surface area contributed by atoms with Gasteiger partial charge in [-0.1, -0.05) is 11.6 Å². The molecule has 0 radical (unpaired) electrons. The van der Waals surface area contributed by atoms with Gasteiger partial charge in [-0.3, -0.25) is 0 Å². The molecule has 0 fully saturated rings. The van der Waals surface area contributed by atoms with Gasteiger partial charge < -0.3 is 4.74 Å². The Morgan fingerprint density at radius 3 is 3.20 bits per heavy atom. The smallest absolute Gasteiger partial charge is 0.122 e. The summed E-state index contributed by atoms with van der Waals surface area (Å²) >= 11 is 5.96. The molecule has 1 aliphatic heterocycles. The van der Waals surface area contributed by atoms with Crippen molar-refractivity contribution in [1.82, 2.24) is 0 Å². The predicted molar refractivity (Wildman–Crippen MR) is 59.2 cm³/mol. The third kappa shape index (κ3) is 2.24. The van der Waals surface area contributed by atoms with E-state index in [0.717, 1.165) is 30.8 Å². The number of ether oxygens (including phenoxy) is 1. The van der Waals surface area contributed by atoms with Crippen molar-refractivity contribution in [1.29, 1.82) is 5.26 Å². The highest BCUT2D eigenvalue weighted by Gasteiger charge is 2.19. The fourth-order valence-electron chi connectivity index (χ4n) is 1.96. The molecular weight excluding hydrogens is 210 g/mol. The summed E-state index contributed by atoms with van der Waals surface area (Å²) in [5, 5.41) is 9.49. The average molecular weight is 222 g/mol. The highest BCUT2D eigenvalue weighted by Crippen LogP contribution is 2.36. The second kappa shape index (κ2) is 4.55. The monoisotopic (exact) mass is 221 g/mol. The van der Waals surface area contributed by atoms with Crippen LogP contribution in [0.15, 0.2) is 18.2 Å². The first-order valence-electron chi connectivity index (χ1n) is 5.10. The van der Waals surface area contributed by atoms with E-state index in [9.17, 15) is 0 Å². The van der Waals surface area contributed by atoms with Crippen molar-refractivity contribution >= 4 is 11.6 Å². The zero-order valence-electron chi connectivity index (χ0n) is 8.37. The Kier molecular flexibility index (Phi) is 3.13. The van der Waals surface area contributed by atoms with Crippen molar-refractivity contribution in [2.24, 2.45) is 0 Å². The van der Waals surface area contributed by atoms with E-state index in [0.29, 0.717) is 11.4 Å². The van der Waals surface area contributed by atoms with Crippen molar-refractivity contribution < 1.29 is 4.74 Å². The SMILES string of the molecule is N#CCC1CCCOc2ccc(Cl)cc21. The lowest BCUT2D eigenvalue weighted by molar-refractivity contribution is 0.316. The van der Waals surface area contributed by atoms with Crippen LogP contribution in [-0.2, 0) is 0 Å². The fourth-order valence-corrected chi connectivity index (χ4v) is 2.14. The Labute approximate surface area is 94.4 Å². The molecule has 0 N–H and O–H groups in total. The van der Waals surface area contributed by atoms with Crippen LogP contribution in [0.4, 0.5) is 0 Å². The Morgan fingerprint density at radius 2 is 2.40 bits per heavy atom.